The van der Waals surface area contributed by atoms with Crippen LogP contribution in [0.3, 0.4) is 0 Å². The Hall–Kier alpha value is -1.66. The average Bonchev–Trinajstić information content (AvgIpc) is 2.65. The van der Waals surface area contributed by atoms with Gasteiger partial charge in [0.15, 0.2) is 0 Å². The maximum Gasteiger partial charge on any atom is 0.317 e. The Morgan fingerprint density at radius 3 is 2.85 bits per heavy atom. The standard InChI is InChI=1S/C20H30FN3O2/c1-23(13-16-8-11-26-12-9-16)20(25)22-18-6-4-10-24(15-18)14-17-5-2-3-7-19(17)21/h2-3,5,7,16,18H,4,6,8-15H2,1H3,(H,22,25). The van der Waals surface area contributed by atoms with Gasteiger partial charge >= 0.3 is 6.03 Å². The maximum atomic E-state index is 13.9. The number of halogens is 1. The highest BCUT2D eigenvalue weighted by Gasteiger charge is 2.24. The van der Waals surface area contributed by atoms with Crippen molar-refractivity contribution in [1.82, 2.24) is 15.1 Å². The van der Waals surface area contributed by atoms with Crippen LogP contribution >= 0.6 is 0 Å². The van der Waals surface area contributed by atoms with E-state index >= 15 is 0 Å². The van der Waals surface area contributed by atoms with Crippen LogP contribution in [0.15, 0.2) is 24.3 Å². The van der Waals surface area contributed by atoms with E-state index in [0.29, 0.717) is 12.5 Å². The van der Waals surface area contributed by atoms with Gasteiger partial charge in [0.2, 0.25) is 0 Å². The van der Waals surface area contributed by atoms with Crippen LogP contribution in [0.2, 0.25) is 0 Å². The van der Waals surface area contributed by atoms with Crippen LogP contribution in [0, 0.1) is 11.7 Å². The van der Waals surface area contributed by atoms with Gasteiger partial charge in [0, 0.05) is 51.5 Å². The Kier molecular flexibility index (Phi) is 6.86. The summed E-state index contributed by atoms with van der Waals surface area (Å²) in [4.78, 5) is 16.5. The van der Waals surface area contributed by atoms with Gasteiger partial charge in [-0.05, 0) is 44.2 Å². The Morgan fingerprint density at radius 1 is 1.31 bits per heavy atom. The number of hydrogen-bond donors (Lipinski definition) is 1. The fraction of sp³-hybridized carbons (Fsp3) is 0.650. The highest BCUT2D eigenvalue weighted by atomic mass is 19.1. The Labute approximate surface area is 155 Å². The van der Waals surface area contributed by atoms with Crippen LogP contribution in [0.1, 0.15) is 31.2 Å². The summed E-state index contributed by atoms with van der Waals surface area (Å²) in [7, 11) is 1.87. The Bertz CT molecular complexity index is 592. The van der Waals surface area contributed by atoms with Gasteiger partial charge in [0.05, 0.1) is 0 Å². The van der Waals surface area contributed by atoms with Crippen molar-refractivity contribution in [2.75, 3.05) is 39.9 Å². The number of rotatable bonds is 5. The van der Waals surface area contributed by atoms with Gasteiger partial charge < -0.3 is 15.0 Å². The van der Waals surface area contributed by atoms with E-state index in [2.05, 4.69) is 10.2 Å². The summed E-state index contributed by atoms with van der Waals surface area (Å²) in [5, 5.41) is 3.16. The molecule has 0 aromatic heterocycles. The first-order chi connectivity index (χ1) is 12.6. The molecule has 2 heterocycles. The zero-order valence-electron chi connectivity index (χ0n) is 15.6. The molecule has 6 heteroatoms. The molecule has 144 valence electrons. The number of piperidine rings is 1. The first kappa shape index (κ1) is 19.1. The lowest BCUT2D eigenvalue weighted by Crippen LogP contribution is -2.51. The number of nitrogens with zero attached hydrogens (tertiary/aromatic N) is 2. The lowest BCUT2D eigenvalue weighted by Gasteiger charge is -2.34. The van der Waals surface area contributed by atoms with Crippen molar-refractivity contribution < 1.29 is 13.9 Å². The smallest absolute Gasteiger partial charge is 0.317 e. The van der Waals surface area contributed by atoms with Crippen molar-refractivity contribution in [3.63, 3.8) is 0 Å². The van der Waals surface area contributed by atoms with Crippen molar-refractivity contribution in [3.8, 4) is 0 Å². The van der Waals surface area contributed by atoms with E-state index in [0.717, 1.165) is 64.1 Å². The molecule has 26 heavy (non-hydrogen) atoms. The molecule has 0 saturated carbocycles. The highest BCUT2D eigenvalue weighted by molar-refractivity contribution is 5.74. The summed E-state index contributed by atoms with van der Waals surface area (Å²) in [5.41, 5.74) is 0.719. The average molecular weight is 363 g/mol. The van der Waals surface area contributed by atoms with E-state index in [-0.39, 0.29) is 17.9 Å². The number of carbonyl (C=O) groups is 1. The molecular weight excluding hydrogens is 333 g/mol. The van der Waals surface area contributed by atoms with Gasteiger partial charge in [-0.3, -0.25) is 4.90 Å². The molecule has 2 aliphatic rings. The highest BCUT2D eigenvalue weighted by Crippen LogP contribution is 2.17. The molecule has 2 aliphatic heterocycles. The van der Waals surface area contributed by atoms with Crippen LogP contribution in [0.4, 0.5) is 9.18 Å². The first-order valence-corrected chi connectivity index (χ1v) is 9.67. The van der Waals surface area contributed by atoms with E-state index in [1.54, 1.807) is 11.0 Å². The number of carbonyl (C=O) groups excluding carboxylic acids is 1. The number of amides is 2. The third kappa shape index (κ3) is 5.42. The minimum absolute atomic E-state index is 0.00534. The van der Waals surface area contributed by atoms with Crippen molar-refractivity contribution in [2.24, 2.45) is 5.92 Å². The predicted octanol–water partition coefficient (Wildman–Crippen LogP) is 2.86. The SMILES string of the molecule is CN(CC1CCOCC1)C(=O)NC1CCCN(Cc2ccccc2F)C1. The van der Waals surface area contributed by atoms with Crippen molar-refractivity contribution in [1.29, 1.82) is 0 Å². The minimum Gasteiger partial charge on any atom is -0.381 e. The number of hydrogen-bond acceptors (Lipinski definition) is 3. The molecule has 1 N–H and O–H groups in total. The largest absolute Gasteiger partial charge is 0.381 e. The molecule has 0 radical (unpaired) electrons. The van der Waals surface area contributed by atoms with E-state index in [4.69, 9.17) is 4.74 Å². The summed E-state index contributed by atoms with van der Waals surface area (Å²) in [6.45, 7) is 4.68. The van der Waals surface area contributed by atoms with Crippen LogP contribution in [-0.2, 0) is 11.3 Å². The predicted molar refractivity (Wildman–Crippen MR) is 99.4 cm³/mol. The first-order valence-electron chi connectivity index (χ1n) is 9.67. The molecule has 1 unspecified atom stereocenters. The molecule has 5 nitrogen and oxygen atoms in total. The molecule has 2 fully saturated rings. The van der Waals surface area contributed by atoms with Crippen molar-refractivity contribution in [2.45, 2.75) is 38.3 Å². The number of nitrogens with one attached hydrogen (secondary N) is 1. The third-order valence-electron chi connectivity index (χ3n) is 5.40. The molecular formula is C20H30FN3O2. The van der Waals surface area contributed by atoms with Gasteiger partial charge in [0.1, 0.15) is 5.82 Å². The molecule has 1 atom stereocenters. The minimum atomic E-state index is -0.158. The summed E-state index contributed by atoms with van der Waals surface area (Å²) in [6.07, 6.45) is 4.04. The summed E-state index contributed by atoms with van der Waals surface area (Å²) < 4.78 is 19.2. The monoisotopic (exact) mass is 363 g/mol. The topological polar surface area (TPSA) is 44.8 Å². The fourth-order valence-electron chi connectivity index (χ4n) is 3.87. The van der Waals surface area contributed by atoms with E-state index in [9.17, 15) is 9.18 Å². The van der Waals surface area contributed by atoms with Gasteiger partial charge in [-0.2, -0.15) is 0 Å². The lowest BCUT2D eigenvalue weighted by molar-refractivity contribution is 0.0582. The number of urea groups is 1. The van der Waals surface area contributed by atoms with Crippen molar-refractivity contribution in [3.05, 3.63) is 35.6 Å². The molecule has 1 aromatic rings. The van der Waals surface area contributed by atoms with Crippen LogP contribution in [0.5, 0.6) is 0 Å². The number of likely N-dealkylation sites (tertiary alicyclic amines) is 1. The van der Waals surface area contributed by atoms with Crippen molar-refractivity contribution >= 4 is 6.03 Å². The van der Waals surface area contributed by atoms with Crippen LogP contribution in [0.25, 0.3) is 0 Å². The Morgan fingerprint density at radius 2 is 2.08 bits per heavy atom. The molecule has 0 bridgehead atoms. The molecule has 0 spiro atoms. The molecule has 1 aromatic carbocycles. The quantitative estimate of drug-likeness (QED) is 0.875. The second-order valence-corrected chi connectivity index (χ2v) is 7.55. The van der Waals surface area contributed by atoms with E-state index in [1.165, 1.54) is 6.07 Å². The summed E-state index contributed by atoms with van der Waals surface area (Å²) in [5.74, 6) is 0.373. The van der Waals surface area contributed by atoms with E-state index < -0.39 is 0 Å². The summed E-state index contributed by atoms with van der Waals surface area (Å²) >= 11 is 0. The molecule has 3 rings (SSSR count). The van der Waals surface area contributed by atoms with E-state index in [1.807, 2.05) is 19.2 Å². The fourth-order valence-corrected chi connectivity index (χ4v) is 3.87. The lowest BCUT2D eigenvalue weighted by atomic mass is 10.00. The number of benzene rings is 1. The zero-order chi connectivity index (χ0) is 18.4. The second kappa shape index (κ2) is 9.33. The normalized spacial score (nSPS) is 22.2. The van der Waals surface area contributed by atoms with Gasteiger partial charge in [-0.25, -0.2) is 9.18 Å². The van der Waals surface area contributed by atoms with Gasteiger partial charge in [-0.1, -0.05) is 18.2 Å². The molecule has 2 amide bonds. The van der Waals surface area contributed by atoms with Crippen LogP contribution in [-0.4, -0.2) is 61.8 Å². The maximum absolute atomic E-state index is 13.9. The third-order valence-corrected chi connectivity index (χ3v) is 5.40. The molecule has 2 saturated heterocycles. The van der Waals surface area contributed by atoms with Crippen LogP contribution < -0.4 is 5.32 Å². The Balaban J connectivity index is 1.46. The summed E-state index contributed by atoms with van der Waals surface area (Å²) in [6, 6.07) is 7.04. The molecule has 0 aliphatic carbocycles. The zero-order valence-corrected chi connectivity index (χ0v) is 15.6. The van der Waals surface area contributed by atoms with Gasteiger partial charge in [0.25, 0.3) is 0 Å². The number of ether oxygens (including phenoxy) is 1. The van der Waals surface area contributed by atoms with Gasteiger partial charge in [-0.15, -0.1) is 0 Å². The second-order valence-electron chi connectivity index (χ2n) is 7.55.